The lowest BCUT2D eigenvalue weighted by atomic mass is 9.87. The third-order valence-corrected chi connectivity index (χ3v) is 4.83. The summed E-state index contributed by atoms with van der Waals surface area (Å²) in [7, 11) is 0. The van der Waals surface area contributed by atoms with E-state index in [1.54, 1.807) is 11.8 Å². The van der Waals surface area contributed by atoms with Gasteiger partial charge in [-0.15, -0.1) is 11.8 Å². The molecule has 0 fully saturated rings. The highest BCUT2D eigenvalue weighted by atomic mass is 32.2. The van der Waals surface area contributed by atoms with Gasteiger partial charge in [0.15, 0.2) is 0 Å². The lowest BCUT2D eigenvalue weighted by molar-refractivity contribution is 0.0376. The van der Waals surface area contributed by atoms with E-state index in [0.717, 1.165) is 5.75 Å². The molecule has 0 heterocycles. The maximum atomic E-state index is 10.2. The van der Waals surface area contributed by atoms with Crippen molar-refractivity contribution in [2.45, 2.75) is 57.5 Å². The Hall–Kier alpha value is -0.470. The molecule has 1 nitrogen and oxygen atoms in total. The van der Waals surface area contributed by atoms with Gasteiger partial charge >= 0.3 is 0 Å². The second-order valence-electron chi connectivity index (χ2n) is 6.57. The second-order valence-corrected chi connectivity index (χ2v) is 7.62. The lowest BCUT2D eigenvalue weighted by Crippen LogP contribution is -2.33. The molecule has 0 saturated heterocycles. The molecule has 0 aliphatic rings. The Morgan fingerprint density at radius 2 is 1.56 bits per heavy atom. The van der Waals surface area contributed by atoms with Crippen LogP contribution in [-0.4, -0.2) is 16.5 Å². The molecule has 1 N–H and O–H groups in total. The predicted octanol–water partition coefficient (Wildman–Crippen LogP) is 4.48. The molecule has 1 unspecified atom stereocenters. The van der Waals surface area contributed by atoms with Crippen LogP contribution in [0.15, 0.2) is 29.2 Å². The van der Waals surface area contributed by atoms with Gasteiger partial charge in [0.2, 0.25) is 0 Å². The van der Waals surface area contributed by atoms with E-state index < -0.39 is 5.60 Å². The third kappa shape index (κ3) is 4.33. The minimum absolute atomic E-state index is 0.201. The number of benzene rings is 1. The second kappa shape index (κ2) is 5.66. The maximum Gasteiger partial charge on any atom is 0.0736 e. The van der Waals surface area contributed by atoms with Gasteiger partial charge in [-0.3, -0.25) is 0 Å². The van der Waals surface area contributed by atoms with Gasteiger partial charge < -0.3 is 5.11 Å². The minimum Gasteiger partial charge on any atom is -0.389 e. The first-order valence-corrected chi connectivity index (χ1v) is 7.57. The van der Waals surface area contributed by atoms with E-state index >= 15 is 0 Å². The van der Waals surface area contributed by atoms with Crippen molar-refractivity contribution in [3.8, 4) is 0 Å². The molecule has 0 aliphatic heterocycles. The summed E-state index contributed by atoms with van der Waals surface area (Å²) in [6, 6.07) is 8.68. The quantitative estimate of drug-likeness (QED) is 0.811. The van der Waals surface area contributed by atoms with Crippen LogP contribution in [0.25, 0.3) is 0 Å². The number of thioether (sulfide) groups is 1. The maximum absolute atomic E-state index is 10.2. The van der Waals surface area contributed by atoms with Crippen LogP contribution in [0.2, 0.25) is 0 Å². The molecule has 1 aromatic rings. The van der Waals surface area contributed by atoms with Crippen LogP contribution in [0, 0.1) is 5.92 Å². The van der Waals surface area contributed by atoms with Gasteiger partial charge in [0.25, 0.3) is 0 Å². The van der Waals surface area contributed by atoms with Crippen LogP contribution >= 0.6 is 11.8 Å². The molecule has 1 aromatic carbocycles. The predicted molar refractivity (Wildman–Crippen MR) is 81.3 cm³/mol. The van der Waals surface area contributed by atoms with E-state index in [-0.39, 0.29) is 11.3 Å². The van der Waals surface area contributed by atoms with Crippen molar-refractivity contribution >= 4 is 11.8 Å². The SMILES string of the molecule is CC(C)C(C)(O)CSc1ccc(C(C)(C)C)cc1. The van der Waals surface area contributed by atoms with E-state index in [2.05, 4.69) is 58.9 Å². The molecule has 1 atom stereocenters. The van der Waals surface area contributed by atoms with Gasteiger partial charge in [-0.2, -0.15) is 0 Å². The topological polar surface area (TPSA) is 20.2 Å². The summed E-state index contributed by atoms with van der Waals surface area (Å²) in [6.07, 6.45) is 0. The smallest absolute Gasteiger partial charge is 0.0736 e. The molecule has 0 aliphatic carbocycles. The summed E-state index contributed by atoms with van der Waals surface area (Å²) in [5, 5.41) is 10.2. The molecular formula is C16H26OS. The molecule has 102 valence electrons. The summed E-state index contributed by atoms with van der Waals surface area (Å²) in [5.41, 5.74) is 0.947. The fraction of sp³-hybridized carbons (Fsp3) is 0.625. The van der Waals surface area contributed by atoms with Gasteiger partial charge in [0.1, 0.15) is 0 Å². The van der Waals surface area contributed by atoms with E-state index in [1.165, 1.54) is 10.5 Å². The molecule has 1 rings (SSSR count). The van der Waals surface area contributed by atoms with E-state index in [0.29, 0.717) is 0 Å². The Morgan fingerprint density at radius 1 is 1.06 bits per heavy atom. The highest BCUT2D eigenvalue weighted by molar-refractivity contribution is 7.99. The molecule has 0 amide bonds. The summed E-state index contributed by atoms with van der Waals surface area (Å²) >= 11 is 1.73. The Bertz CT molecular complexity index is 371. The summed E-state index contributed by atoms with van der Waals surface area (Å²) in [4.78, 5) is 1.23. The van der Waals surface area contributed by atoms with Gasteiger partial charge in [0, 0.05) is 10.6 Å². The van der Waals surface area contributed by atoms with Crippen molar-refractivity contribution in [1.82, 2.24) is 0 Å². The highest BCUT2D eigenvalue weighted by Crippen LogP contribution is 2.29. The Kier molecular flexibility index (Phi) is 4.90. The molecular weight excluding hydrogens is 240 g/mol. The summed E-state index contributed by atoms with van der Waals surface area (Å²) in [5.74, 6) is 1.01. The lowest BCUT2D eigenvalue weighted by Gasteiger charge is -2.27. The zero-order chi connectivity index (χ0) is 14.0. The average Bonchev–Trinajstić information content (AvgIpc) is 2.25. The van der Waals surface area contributed by atoms with Gasteiger partial charge in [-0.05, 0) is 36.0 Å². The molecule has 0 saturated carbocycles. The largest absolute Gasteiger partial charge is 0.389 e. The third-order valence-electron chi connectivity index (χ3n) is 3.50. The van der Waals surface area contributed by atoms with Crippen LogP contribution in [-0.2, 0) is 5.41 Å². The van der Waals surface area contributed by atoms with Crippen LogP contribution in [0.1, 0.15) is 47.1 Å². The van der Waals surface area contributed by atoms with Crippen molar-refractivity contribution in [1.29, 1.82) is 0 Å². The number of aliphatic hydroxyl groups is 1. The van der Waals surface area contributed by atoms with Crippen molar-refractivity contribution in [2.24, 2.45) is 5.92 Å². The van der Waals surface area contributed by atoms with E-state index in [1.807, 2.05) is 6.92 Å². The molecule has 0 aromatic heterocycles. The average molecular weight is 266 g/mol. The van der Waals surface area contributed by atoms with Crippen molar-refractivity contribution < 1.29 is 5.11 Å². The Morgan fingerprint density at radius 3 is 1.94 bits per heavy atom. The Balaban J connectivity index is 2.65. The molecule has 2 heteroatoms. The standard InChI is InChI=1S/C16H26OS/c1-12(2)16(6,17)11-18-14-9-7-13(8-10-14)15(3,4)5/h7-10,12,17H,11H2,1-6H3. The fourth-order valence-corrected chi connectivity index (χ4v) is 2.57. The van der Waals surface area contributed by atoms with Crippen LogP contribution in [0.5, 0.6) is 0 Å². The van der Waals surface area contributed by atoms with Crippen molar-refractivity contribution in [2.75, 3.05) is 5.75 Å². The molecule has 0 spiro atoms. The van der Waals surface area contributed by atoms with Crippen LogP contribution in [0.3, 0.4) is 0 Å². The highest BCUT2D eigenvalue weighted by Gasteiger charge is 2.24. The first-order chi connectivity index (χ1) is 8.13. The zero-order valence-electron chi connectivity index (χ0n) is 12.4. The number of rotatable bonds is 4. The molecule has 18 heavy (non-hydrogen) atoms. The minimum atomic E-state index is -0.604. The number of hydrogen-bond donors (Lipinski definition) is 1. The van der Waals surface area contributed by atoms with Gasteiger partial charge in [-0.1, -0.05) is 46.8 Å². The normalized spacial score (nSPS) is 15.8. The first-order valence-electron chi connectivity index (χ1n) is 6.58. The van der Waals surface area contributed by atoms with Gasteiger partial charge in [0.05, 0.1) is 5.60 Å². The number of hydrogen-bond acceptors (Lipinski definition) is 2. The monoisotopic (exact) mass is 266 g/mol. The summed E-state index contributed by atoms with van der Waals surface area (Å²) < 4.78 is 0. The van der Waals surface area contributed by atoms with E-state index in [4.69, 9.17) is 0 Å². The summed E-state index contributed by atoms with van der Waals surface area (Å²) in [6.45, 7) is 12.7. The van der Waals surface area contributed by atoms with Gasteiger partial charge in [-0.25, -0.2) is 0 Å². The fourth-order valence-electron chi connectivity index (χ4n) is 1.45. The van der Waals surface area contributed by atoms with Crippen molar-refractivity contribution in [3.05, 3.63) is 29.8 Å². The first kappa shape index (κ1) is 15.6. The zero-order valence-corrected chi connectivity index (χ0v) is 13.3. The Labute approximate surface area is 116 Å². The van der Waals surface area contributed by atoms with Crippen LogP contribution in [0.4, 0.5) is 0 Å². The van der Waals surface area contributed by atoms with Crippen molar-refractivity contribution in [3.63, 3.8) is 0 Å². The van der Waals surface area contributed by atoms with E-state index in [9.17, 15) is 5.11 Å². The molecule has 0 bridgehead atoms. The van der Waals surface area contributed by atoms with Crippen LogP contribution < -0.4 is 0 Å². The molecule has 0 radical (unpaired) electrons.